The summed E-state index contributed by atoms with van der Waals surface area (Å²) in [5, 5.41) is 54.6. The molecule has 15 heteroatoms. The van der Waals surface area contributed by atoms with Crippen LogP contribution in [0.4, 0.5) is 0 Å². The highest BCUT2D eigenvalue weighted by Gasteiger charge is 2.24. The molecule has 5 rings (SSSR count). The number of carboxylic acids is 4. The predicted molar refractivity (Wildman–Crippen MR) is 141 cm³/mol. The first kappa shape index (κ1) is 27.0. The lowest BCUT2D eigenvalue weighted by Gasteiger charge is -2.10. The van der Waals surface area contributed by atoms with Crippen molar-refractivity contribution < 1.29 is 39.6 Å². The van der Waals surface area contributed by atoms with Crippen LogP contribution in [0.15, 0.2) is 48.8 Å². The molecule has 5 N–H and O–H groups in total. The average Bonchev–Trinajstić information content (AvgIpc) is 3.66. The van der Waals surface area contributed by atoms with E-state index in [1.807, 2.05) is 24.3 Å². The molecule has 0 amide bonds. The first-order chi connectivity index (χ1) is 19.6. The molecule has 0 saturated heterocycles. The summed E-state index contributed by atoms with van der Waals surface area (Å²) < 4.78 is 2.28. The number of H-pyrrole nitrogens is 1. The largest absolute Gasteiger partial charge is 0.481 e. The third-order valence-electron chi connectivity index (χ3n) is 6.68. The Morgan fingerprint density at radius 2 is 1.10 bits per heavy atom. The molecule has 3 aromatic heterocycles. The third kappa shape index (κ3) is 5.59. The van der Waals surface area contributed by atoms with Crippen LogP contribution in [0.2, 0.25) is 0 Å². The number of hydrogen-bond acceptors (Lipinski definition) is 8. The predicted octanol–water partition coefficient (Wildman–Crippen LogP) is 2.82. The Labute approximate surface area is 229 Å². The van der Waals surface area contributed by atoms with Crippen LogP contribution < -0.4 is 0 Å². The fourth-order valence-corrected chi connectivity index (χ4v) is 4.60. The Bertz CT molecular complexity index is 1680. The third-order valence-corrected chi connectivity index (χ3v) is 6.68. The summed E-state index contributed by atoms with van der Waals surface area (Å²) in [6, 6.07) is 8.67. The fraction of sp³-hybridized carbons (Fsp3) is 0.231. The maximum Gasteiger partial charge on any atom is 0.328 e. The van der Waals surface area contributed by atoms with E-state index >= 15 is 0 Å². The number of nitrogens with one attached hydrogen (secondary N) is 1. The molecule has 0 saturated carbocycles. The SMILES string of the molecule is O=C(O)CCC(C(=O)O)n1cc(-c2ccc3[nH]c4ccc(-c5cn(C(CCC(=O)O)C(=O)O)nn5)cc4c3c2)nn1. The zero-order chi connectivity index (χ0) is 29.3. The van der Waals surface area contributed by atoms with Crippen molar-refractivity contribution in [3.05, 3.63) is 48.8 Å². The van der Waals surface area contributed by atoms with Gasteiger partial charge in [-0.3, -0.25) is 9.59 Å². The minimum atomic E-state index is -1.21. The van der Waals surface area contributed by atoms with Crippen molar-refractivity contribution in [2.24, 2.45) is 0 Å². The molecule has 15 nitrogen and oxygen atoms in total. The second-order valence-electron chi connectivity index (χ2n) is 9.39. The van der Waals surface area contributed by atoms with Gasteiger partial charge in [-0.2, -0.15) is 0 Å². The normalized spacial score (nSPS) is 12.9. The van der Waals surface area contributed by atoms with Gasteiger partial charge in [-0.15, -0.1) is 10.2 Å². The maximum atomic E-state index is 11.7. The van der Waals surface area contributed by atoms with Gasteiger partial charge in [-0.05, 0) is 37.1 Å². The van der Waals surface area contributed by atoms with Gasteiger partial charge in [0.1, 0.15) is 11.4 Å². The Morgan fingerprint density at radius 1 is 0.683 bits per heavy atom. The Kier molecular flexibility index (Phi) is 7.16. The van der Waals surface area contributed by atoms with Crippen molar-refractivity contribution in [2.75, 3.05) is 0 Å². The maximum absolute atomic E-state index is 11.7. The van der Waals surface area contributed by atoms with Gasteiger partial charge in [-0.25, -0.2) is 19.0 Å². The number of aliphatic carboxylic acids is 4. The molecular formula is C26H23N7O8. The van der Waals surface area contributed by atoms with Crippen LogP contribution in [0.1, 0.15) is 37.8 Å². The minimum Gasteiger partial charge on any atom is -0.481 e. The zero-order valence-corrected chi connectivity index (χ0v) is 21.2. The number of aromatic amines is 1. The highest BCUT2D eigenvalue weighted by atomic mass is 16.4. The van der Waals surface area contributed by atoms with Crippen molar-refractivity contribution in [3.8, 4) is 22.5 Å². The van der Waals surface area contributed by atoms with Crippen molar-refractivity contribution in [2.45, 2.75) is 37.8 Å². The minimum absolute atomic E-state index is 0.144. The van der Waals surface area contributed by atoms with Crippen LogP contribution in [0, 0.1) is 0 Å². The Hall–Kier alpha value is -5.60. The molecule has 5 aromatic rings. The van der Waals surface area contributed by atoms with E-state index in [4.69, 9.17) is 10.2 Å². The van der Waals surface area contributed by atoms with E-state index in [9.17, 15) is 29.4 Å². The van der Waals surface area contributed by atoms with E-state index in [-0.39, 0.29) is 25.7 Å². The molecule has 0 aliphatic carbocycles. The van der Waals surface area contributed by atoms with E-state index in [1.165, 1.54) is 12.4 Å². The highest BCUT2D eigenvalue weighted by molar-refractivity contribution is 6.09. The van der Waals surface area contributed by atoms with E-state index < -0.39 is 36.0 Å². The first-order valence-electron chi connectivity index (χ1n) is 12.4. The number of aromatic nitrogens is 7. The molecule has 0 bridgehead atoms. The van der Waals surface area contributed by atoms with Gasteiger partial charge in [0, 0.05) is 45.8 Å². The molecule has 0 aliphatic heterocycles. The van der Waals surface area contributed by atoms with Gasteiger partial charge >= 0.3 is 23.9 Å². The monoisotopic (exact) mass is 561 g/mol. The summed E-state index contributed by atoms with van der Waals surface area (Å²) in [6.07, 6.45) is 1.98. The quantitative estimate of drug-likeness (QED) is 0.148. The smallest absolute Gasteiger partial charge is 0.328 e. The number of nitrogens with zero attached hydrogens (tertiary/aromatic N) is 6. The number of benzene rings is 2. The molecule has 0 radical (unpaired) electrons. The Balaban J connectivity index is 1.47. The summed E-state index contributed by atoms with van der Waals surface area (Å²) in [4.78, 5) is 48.5. The molecule has 3 heterocycles. The average molecular weight is 562 g/mol. The lowest BCUT2D eigenvalue weighted by Crippen LogP contribution is -2.20. The highest BCUT2D eigenvalue weighted by Crippen LogP contribution is 2.32. The number of carbonyl (C=O) groups is 4. The summed E-state index contributed by atoms with van der Waals surface area (Å²) in [7, 11) is 0. The molecule has 2 unspecified atom stereocenters. The second-order valence-corrected chi connectivity index (χ2v) is 9.39. The van der Waals surface area contributed by atoms with Gasteiger partial charge in [0.15, 0.2) is 12.1 Å². The van der Waals surface area contributed by atoms with Crippen LogP contribution in [0.3, 0.4) is 0 Å². The van der Waals surface area contributed by atoms with Crippen molar-refractivity contribution in [1.29, 1.82) is 0 Å². The van der Waals surface area contributed by atoms with Gasteiger partial charge in [0.05, 0.1) is 12.4 Å². The summed E-state index contributed by atoms with van der Waals surface area (Å²) in [5.41, 5.74) is 3.77. The van der Waals surface area contributed by atoms with Crippen LogP contribution >= 0.6 is 0 Å². The zero-order valence-electron chi connectivity index (χ0n) is 21.2. The Morgan fingerprint density at radius 3 is 1.46 bits per heavy atom. The molecule has 2 aromatic carbocycles. The van der Waals surface area contributed by atoms with Gasteiger partial charge in [-0.1, -0.05) is 22.6 Å². The van der Waals surface area contributed by atoms with Crippen molar-refractivity contribution in [3.63, 3.8) is 0 Å². The van der Waals surface area contributed by atoms with Gasteiger partial charge < -0.3 is 25.4 Å². The number of rotatable bonds is 12. The number of fused-ring (bicyclic) bond motifs is 3. The molecule has 210 valence electrons. The fourth-order valence-electron chi connectivity index (χ4n) is 4.60. The molecule has 41 heavy (non-hydrogen) atoms. The van der Waals surface area contributed by atoms with Crippen molar-refractivity contribution in [1.82, 2.24) is 35.0 Å². The summed E-state index contributed by atoms with van der Waals surface area (Å²) in [5.74, 6) is -4.64. The van der Waals surface area contributed by atoms with E-state index in [0.29, 0.717) is 22.5 Å². The summed E-state index contributed by atoms with van der Waals surface area (Å²) in [6.45, 7) is 0. The molecule has 0 fully saturated rings. The van der Waals surface area contributed by atoms with Crippen LogP contribution in [-0.2, 0) is 19.2 Å². The number of hydrogen-bond donors (Lipinski definition) is 5. The van der Waals surface area contributed by atoms with E-state index in [2.05, 4.69) is 25.6 Å². The van der Waals surface area contributed by atoms with Gasteiger partial charge in [0.25, 0.3) is 0 Å². The van der Waals surface area contributed by atoms with E-state index in [1.54, 1.807) is 12.1 Å². The van der Waals surface area contributed by atoms with Crippen LogP contribution in [0.25, 0.3) is 44.3 Å². The molecular weight excluding hydrogens is 538 g/mol. The molecule has 0 spiro atoms. The van der Waals surface area contributed by atoms with E-state index in [0.717, 1.165) is 31.2 Å². The lowest BCUT2D eigenvalue weighted by molar-refractivity contribution is -0.144. The number of carboxylic acid groups (broad SMARTS) is 4. The van der Waals surface area contributed by atoms with Crippen LogP contribution in [0.5, 0.6) is 0 Å². The molecule has 2 atom stereocenters. The topological polar surface area (TPSA) is 226 Å². The molecule has 0 aliphatic rings. The second kappa shape index (κ2) is 10.9. The summed E-state index contributed by atoms with van der Waals surface area (Å²) >= 11 is 0. The lowest BCUT2D eigenvalue weighted by atomic mass is 10.0. The first-order valence-corrected chi connectivity index (χ1v) is 12.4. The van der Waals surface area contributed by atoms with Crippen molar-refractivity contribution >= 4 is 45.7 Å². The van der Waals surface area contributed by atoms with Gasteiger partial charge in [0.2, 0.25) is 0 Å². The standard InChI is InChI=1S/C26H23N7O8/c34-23(35)7-5-21(25(38)39)32-11-19(28-30-32)13-1-3-17-15(9-13)16-10-14(2-4-18(16)27-17)20-12-33(31-29-20)22(26(40)41)6-8-24(36)37/h1-4,9-12,21-22,27H,5-8H2,(H,34,35)(H,36,37)(H,38,39)(H,40,41). The van der Waals surface area contributed by atoms with Crippen LogP contribution in [-0.4, -0.2) is 79.3 Å².